The van der Waals surface area contributed by atoms with Crippen LogP contribution >= 0.6 is 11.3 Å². The normalized spacial score (nSPS) is 13.1. The fraction of sp³-hybridized carbons (Fsp3) is 0.533. The molecule has 0 fully saturated rings. The van der Waals surface area contributed by atoms with E-state index in [0.29, 0.717) is 12.0 Å². The van der Waals surface area contributed by atoms with Gasteiger partial charge in [0.2, 0.25) is 0 Å². The Bertz CT molecular complexity index is 473. The van der Waals surface area contributed by atoms with Gasteiger partial charge in [-0.15, -0.1) is 0 Å². The minimum absolute atomic E-state index is 0.452. The van der Waals surface area contributed by atoms with E-state index in [1.54, 1.807) is 11.3 Å². The third-order valence-electron chi connectivity index (χ3n) is 3.19. The topological polar surface area (TPSA) is 29.9 Å². The van der Waals surface area contributed by atoms with Gasteiger partial charge < -0.3 is 9.88 Å². The van der Waals surface area contributed by atoms with Crippen molar-refractivity contribution in [1.82, 2.24) is 14.9 Å². The third kappa shape index (κ3) is 4.18. The van der Waals surface area contributed by atoms with Crippen molar-refractivity contribution in [3.63, 3.8) is 0 Å². The Labute approximate surface area is 119 Å². The molecular formula is C15H23N3S. The molecule has 1 unspecified atom stereocenters. The van der Waals surface area contributed by atoms with E-state index in [1.165, 1.54) is 11.3 Å². The van der Waals surface area contributed by atoms with Gasteiger partial charge >= 0.3 is 0 Å². The van der Waals surface area contributed by atoms with Crippen LogP contribution in [0.15, 0.2) is 29.4 Å². The van der Waals surface area contributed by atoms with Gasteiger partial charge in [0, 0.05) is 18.8 Å². The van der Waals surface area contributed by atoms with E-state index < -0.39 is 0 Å². The first-order valence-electron chi connectivity index (χ1n) is 6.89. The molecule has 0 saturated carbocycles. The molecule has 4 heteroatoms. The van der Waals surface area contributed by atoms with Gasteiger partial charge in [-0.2, -0.15) is 11.3 Å². The van der Waals surface area contributed by atoms with Gasteiger partial charge in [-0.3, -0.25) is 0 Å². The summed E-state index contributed by atoms with van der Waals surface area (Å²) in [7, 11) is 0. The number of aromatic nitrogens is 2. The summed E-state index contributed by atoms with van der Waals surface area (Å²) in [5.74, 6) is 0.680. The van der Waals surface area contributed by atoms with Gasteiger partial charge in [-0.05, 0) is 48.2 Å². The van der Waals surface area contributed by atoms with Crippen LogP contribution in [0.4, 0.5) is 0 Å². The monoisotopic (exact) mass is 277 g/mol. The largest absolute Gasteiger partial charge is 0.330 e. The molecule has 0 saturated heterocycles. The summed E-state index contributed by atoms with van der Waals surface area (Å²) in [6.07, 6.45) is 4.98. The Morgan fingerprint density at radius 1 is 1.37 bits per heavy atom. The van der Waals surface area contributed by atoms with Crippen LogP contribution in [0.5, 0.6) is 0 Å². The Balaban J connectivity index is 1.94. The van der Waals surface area contributed by atoms with Gasteiger partial charge in [-0.1, -0.05) is 13.8 Å². The lowest BCUT2D eigenvalue weighted by Gasteiger charge is -2.17. The van der Waals surface area contributed by atoms with Crippen molar-refractivity contribution in [3.05, 3.63) is 40.6 Å². The molecule has 0 aliphatic heterocycles. The predicted octanol–water partition coefficient (Wildman–Crippen LogP) is 3.49. The molecule has 3 nitrogen and oxygen atoms in total. The van der Waals surface area contributed by atoms with Gasteiger partial charge in [0.05, 0.1) is 12.0 Å². The summed E-state index contributed by atoms with van der Waals surface area (Å²) in [5.41, 5.74) is 2.68. The lowest BCUT2D eigenvalue weighted by Crippen LogP contribution is -2.21. The molecule has 1 atom stereocenters. The highest BCUT2D eigenvalue weighted by Crippen LogP contribution is 2.18. The molecule has 2 rings (SSSR count). The minimum atomic E-state index is 0.452. The van der Waals surface area contributed by atoms with E-state index in [9.17, 15) is 0 Å². The van der Waals surface area contributed by atoms with Gasteiger partial charge in [0.1, 0.15) is 0 Å². The Hall–Kier alpha value is -1.13. The fourth-order valence-corrected chi connectivity index (χ4v) is 2.88. The van der Waals surface area contributed by atoms with Crippen LogP contribution in [-0.2, 0) is 13.0 Å². The van der Waals surface area contributed by atoms with E-state index in [2.05, 4.69) is 52.5 Å². The molecule has 0 radical (unpaired) electrons. The van der Waals surface area contributed by atoms with Crippen molar-refractivity contribution in [1.29, 1.82) is 0 Å². The maximum absolute atomic E-state index is 4.30. The van der Waals surface area contributed by atoms with Crippen LogP contribution in [-0.4, -0.2) is 16.1 Å². The lowest BCUT2D eigenvalue weighted by atomic mass is 10.1. The number of nitrogens with zero attached hydrogens (tertiary/aromatic N) is 2. The quantitative estimate of drug-likeness (QED) is 0.839. The number of thiophene rings is 1. The minimum Gasteiger partial charge on any atom is -0.330 e. The highest BCUT2D eigenvalue weighted by molar-refractivity contribution is 7.07. The first-order valence-corrected chi connectivity index (χ1v) is 7.83. The molecule has 0 aliphatic carbocycles. The molecule has 2 heterocycles. The number of hydrogen-bond acceptors (Lipinski definition) is 3. The standard InChI is InChI=1S/C15H23N3S/c1-12(2)7-16-8-15-9-17-11-18(15)13(3)6-14-4-5-19-10-14/h4-5,9-13,16H,6-8H2,1-3H3. The molecule has 1 N–H and O–H groups in total. The molecule has 2 aromatic heterocycles. The maximum Gasteiger partial charge on any atom is 0.0951 e. The number of rotatable bonds is 7. The van der Waals surface area contributed by atoms with Crippen molar-refractivity contribution in [2.45, 2.75) is 39.8 Å². The van der Waals surface area contributed by atoms with E-state index in [4.69, 9.17) is 0 Å². The Kier molecular flexibility index (Phi) is 5.16. The average Bonchev–Trinajstić information content (AvgIpc) is 2.99. The van der Waals surface area contributed by atoms with E-state index in [0.717, 1.165) is 19.5 Å². The van der Waals surface area contributed by atoms with Crippen molar-refractivity contribution >= 4 is 11.3 Å². The summed E-state index contributed by atoms with van der Waals surface area (Å²) < 4.78 is 2.28. The van der Waals surface area contributed by atoms with Crippen LogP contribution in [0.2, 0.25) is 0 Å². The van der Waals surface area contributed by atoms with E-state index >= 15 is 0 Å². The van der Waals surface area contributed by atoms with Crippen LogP contribution < -0.4 is 5.32 Å². The first kappa shape index (κ1) is 14.3. The van der Waals surface area contributed by atoms with E-state index in [-0.39, 0.29) is 0 Å². The zero-order valence-corrected chi connectivity index (χ0v) is 12.8. The second-order valence-electron chi connectivity index (χ2n) is 5.50. The number of nitrogens with one attached hydrogen (secondary N) is 1. The lowest BCUT2D eigenvalue weighted by molar-refractivity contribution is 0.495. The van der Waals surface area contributed by atoms with Crippen LogP contribution in [0.1, 0.15) is 38.1 Å². The molecule has 0 aliphatic rings. The van der Waals surface area contributed by atoms with Crippen molar-refractivity contribution in [3.8, 4) is 0 Å². The molecule has 104 valence electrons. The summed E-state index contributed by atoms with van der Waals surface area (Å²) in [6.45, 7) is 8.65. The highest BCUT2D eigenvalue weighted by atomic mass is 32.1. The first-order chi connectivity index (χ1) is 9.16. The maximum atomic E-state index is 4.30. The third-order valence-corrected chi connectivity index (χ3v) is 3.92. The average molecular weight is 277 g/mol. The molecule has 2 aromatic rings. The Morgan fingerprint density at radius 2 is 2.21 bits per heavy atom. The second kappa shape index (κ2) is 6.87. The smallest absolute Gasteiger partial charge is 0.0951 e. The SMILES string of the molecule is CC(C)CNCc1cncn1C(C)Cc1ccsc1. The van der Waals surface area contributed by atoms with Gasteiger partial charge in [0.25, 0.3) is 0 Å². The summed E-state index contributed by atoms with van der Waals surface area (Å²) in [6, 6.07) is 2.65. The number of hydrogen-bond donors (Lipinski definition) is 1. The van der Waals surface area contributed by atoms with Gasteiger partial charge in [-0.25, -0.2) is 4.98 Å². The molecule has 0 amide bonds. The highest BCUT2D eigenvalue weighted by Gasteiger charge is 2.10. The zero-order chi connectivity index (χ0) is 13.7. The van der Waals surface area contributed by atoms with Crippen LogP contribution in [0.25, 0.3) is 0 Å². The molecule has 0 spiro atoms. The van der Waals surface area contributed by atoms with Crippen molar-refractivity contribution in [2.75, 3.05) is 6.54 Å². The second-order valence-corrected chi connectivity index (χ2v) is 6.28. The molecular weight excluding hydrogens is 254 g/mol. The van der Waals surface area contributed by atoms with Gasteiger partial charge in [0.15, 0.2) is 0 Å². The number of imidazole rings is 1. The van der Waals surface area contributed by atoms with E-state index in [1.807, 2.05) is 12.5 Å². The predicted molar refractivity (Wildman–Crippen MR) is 81.5 cm³/mol. The summed E-state index contributed by atoms with van der Waals surface area (Å²) in [5, 5.41) is 7.85. The summed E-state index contributed by atoms with van der Waals surface area (Å²) >= 11 is 1.76. The Morgan fingerprint density at radius 3 is 2.89 bits per heavy atom. The van der Waals surface area contributed by atoms with Crippen LogP contribution in [0.3, 0.4) is 0 Å². The van der Waals surface area contributed by atoms with Crippen molar-refractivity contribution in [2.24, 2.45) is 5.92 Å². The molecule has 19 heavy (non-hydrogen) atoms. The zero-order valence-electron chi connectivity index (χ0n) is 12.0. The molecule has 0 bridgehead atoms. The van der Waals surface area contributed by atoms with Crippen LogP contribution in [0, 0.1) is 5.92 Å². The fourth-order valence-electron chi connectivity index (χ4n) is 2.20. The summed E-state index contributed by atoms with van der Waals surface area (Å²) in [4.78, 5) is 4.30. The molecule has 0 aromatic carbocycles. The van der Waals surface area contributed by atoms with Crippen molar-refractivity contribution < 1.29 is 0 Å².